The fourth-order valence-corrected chi connectivity index (χ4v) is 2.65. The van der Waals surface area contributed by atoms with Gasteiger partial charge >= 0.3 is 12.0 Å². The highest BCUT2D eigenvalue weighted by molar-refractivity contribution is 5.77. The third kappa shape index (κ3) is 4.63. The quantitative estimate of drug-likeness (QED) is 0.838. The molecular weight excluding hydrogens is 308 g/mol. The van der Waals surface area contributed by atoms with Gasteiger partial charge in [0.25, 0.3) is 0 Å². The largest absolute Gasteiger partial charge is 0.490 e. The molecule has 2 unspecified atom stereocenters. The number of nitrogens with zero attached hydrogens (tertiary/aromatic N) is 1. The highest BCUT2D eigenvalue weighted by Crippen LogP contribution is 2.23. The van der Waals surface area contributed by atoms with Crippen LogP contribution < -0.4 is 10.1 Å². The summed E-state index contributed by atoms with van der Waals surface area (Å²) in [4.78, 5) is 24.8. The van der Waals surface area contributed by atoms with Crippen LogP contribution in [-0.4, -0.2) is 41.2 Å². The smallest absolute Gasteiger partial charge is 0.317 e. The zero-order valence-electron chi connectivity index (χ0n) is 14.5. The van der Waals surface area contributed by atoms with Crippen molar-refractivity contribution in [1.29, 1.82) is 0 Å². The van der Waals surface area contributed by atoms with Gasteiger partial charge in [-0.2, -0.15) is 0 Å². The lowest BCUT2D eigenvalue weighted by Crippen LogP contribution is -2.38. The van der Waals surface area contributed by atoms with Crippen LogP contribution in [0.5, 0.6) is 5.75 Å². The zero-order chi connectivity index (χ0) is 17.7. The van der Waals surface area contributed by atoms with E-state index in [2.05, 4.69) is 12.2 Å². The molecule has 0 saturated carbocycles. The molecule has 6 nitrogen and oxygen atoms in total. The van der Waals surface area contributed by atoms with Crippen LogP contribution in [-0.2, 0) is 11.3 Å². The number of carboxylic acids is 1. The second-order valence-corrected chi connectivity index (χ2v) is 6.38. The van der Waals surface area contributed by atoms with E-state index in [1.807, 2.05) is 32.0 Å². The number of aryl methyl sites for hydroxylation is 1. The van der Waals surface area contributed by atoms with Crippen molar-refractivity contribution in [1.82, 2.24) is 10.2 Å². The molecule has 24 heavy (non-hydrogen) atoms. The van der Waals surface area contributed by atoms with Gasteiger partial charge in [-0.25, -0.2) is 4.79 Å². The van der Waals surface area contributed by atoms with E-state index in [4.69, 9.17) is 9.84 Å². The van der Waals surface area contributed by atoms with E-state index in [1.165, 1.54) is 0 Å². The summed E-state index contributed by atoms with van der Waals surface area (Å²) >= 11 is 0. The van der Waals surface area contributed by atoms with Crippen molar-refractivity contribution in [3.05, 3.63) is 29.3 Å². The van der Waals surface area contributed by atoms with Gasteiger partial charge < -0.3 is 20.1 Å². The minimum absolute atomic E-state index is 0.108. The summed E-state index contributed by atoms with van der Waals surface area (Å²) in [5, 5.41) is 11.9. The Morgan fingerprint density at radius 2 is 2.21 bits per heavy atom. The van der Waals surface area contributed by atoms with Crippen LogP contribution in [0.4, 0.5) is 4.79 Å². The van der Waals surface area contributed by atoms with Gasteiger partial charge in [-0.15, -0.1) is 0 Å². The molecule has 6 heteroatoms. The number of hydrogen-bond donors (Lipinski definition) is 2. The standard InChI is InChI=1S/C18H26N2O4/c1-4-13(3)24-16-9-12(2)5-6-14(16)10-19-18(23)20-8-7-15(11-20)17(21)22/h5-6,9,13,15H,4,7-8,10-11H2,1-3H3,(H,19,23)(H,21,22). The summed E-state index contributed by atoms with van der Waals surface area (Å²) in [5.74, 6) is -0.512. The number of aliphatic carboxylic acids is 1. The van der Waals surface area contributed by atoms with Crippen molar-refractivity contribution in [2.45, 2.75) is 46.3 Å². The summed E-state index contributed by atoms with van der Waals surface area (Å²) in [6, 6.07) is 5.69. The molecule has 1 fully saturated rings. The first-order chi connectivity index (χ1) is 11.4. The number of nitrogens with one attached hydrogen (secondary N) is 1. The first-order valence-corrected chi connectivity index (χ1v) is 8.42. The Labute approximate surface area is 142 Å². The van der Waals surface area contributed by atoms with Gasteiger partial charge in [0, 0.05) is 25.2 Å². The number of carboxylic acid groups (broad SMARTS) is 1. The second-order valence-electron chi connectivity index (χ2n) is 6.38. The van der Waals surface area contributed by atoms with Gasteiger partial charge in [0.1, 0.15) is 5.75 Å². The molecule has 2 rings (SSSR count). The van der Waals surface area contributed by atoms with Crippen LogP contribution in [0.15, 0.2) is 18.2 Å². The lowest BCUT2D eigenvalue weighted by molar-refractivity contribution is -0.141. The molecule has 2 atom stereocenters. The van der Waals surface area contributed by atoms with Crippen molar-refractivity contribution >= 4 is 12.0 Å². The Kier molecular flexibility index (Phi) is 6.06. The Hall–Kier alpha value is -2.24. The molecule has 1 saturated heterocycles. The number of ether oxygens (including phenoxy) is 1. The molecule has 1 aromatic rings. The molecule has 0 aliphatic carbocycles. The van der Waals surface area contributed by atoms with Gasteiger partial charge in [0.15, 0.2) is 0 Å². The first-order valence-electron chi connectivity index (χ1n) is 8.42. The molecule has 2 N–H and O–H groups in total. The van der Waals surface area contributed by atoms with Gasteiger partial charge in [0.05, 0.1) is 12.0 Å². The minimum atomic E-state index is -0.840. The number of carbonyl (C=O) groups excluding carboxylic acids is 1. The Morgan fingerprint density at radius 3 is 2.83 bits per heavy atom. The average molecular weight is 334 g/mol. The number of benzene rings is 1. The fraction of sp³-hybridized carbons (Fsp3) is 0.556. The molecule has 0 aromatic heterocycles. The van der Waals surface area contributed by atoms with Crippen LogP contribution in [0.3, 0.4) is 0 Å². The van der Waals surface area contributed by atoms with E-state index in [-0.39, 0.29) is 18.7 Å². The maximum Gasteiger partial charge on any atom is 0.317 e. The summed E-state index contributed by atoms with van der Waals surface area (Å²) in [6.07, 6.45) is 1.52. The molecule has 0 spiro atoms. The summed E-state index contributed by atoms with van der Waals surface area (Å²) in [5.41, 5.74) is 2.02. The van der Waals surface area contributed by atoms with Crippen LogP contribution in [0.1, 0.15) is 37.8 Å². The zero-order valence-corrected chi connectivity index (χ0v) is 14.5. The molecule has 0 radical (unpaired) electrons. The Balaban J connectivity index is 1.96. The van der Waals surface area contributed by atoms with E-state index in [9.17, 15) is 9.59 Å². The lowest BCUT2D eigenvalue weighted by atomic mass is 10.1. The summed E-state index contributed by atoms with van der Waals surface area (Å²) < 4.78 is 5.94. The molecular formula is C18H26N2O4. The van der Waals surface area contributed by atoms with E-state index >= 15 is 0 Å². The molecule has 1 aliphatic rings. The topological polar surface area (TPSA) is 78.9 Å². The molecule has 1 aromatic carbocycles. The highest BCUT2D eigenvalue weighted by Gasteiger charge is 2.30. The van der Waals surface area contributed by atoms with Crippen molar-refractivity contribution < 1.29 is 19.4 Å². The molecule has 1 heterocycles. The van der Waals surface area contributed by atoms with E-state index in [1.54, 1.807) is 4.90 Å². The lowest BCUT2D eigenvalue weighted by Gasteiger charge is -2.19. The third-order valence-electron chi connectivity index (χ3n) is 4.38. The van der Waals surface area contributed by atoms with Gasteiger partial charge in [0.2, 0.25) is 0 Å². The van der Waals surface area contributed by atoms with Crippen molar-refractivity contribution in [2.75, 3.05) is 13.1 Å². The summed E-state index contributed by atoms with van der Waals surface area (Å²) in [7, 11) is 0. The van der Waals surface area contributed by atoms with Crippen LogP contribution in [0.2, 0.25) is 0 Å². The normalized spacial score (nSPS) is 18.3. The number of rotatable bonds is 6. The van der Waals surface area contributed by atoms with Crippen LogP contribution in [0.25, 0.3) is 0 Å². The number of likely N-dealkylation sites (tertiary alicyclic amines) is 1. The van der Waals surface area contributed by atoms with Crippen LogP contribution in [0, 0.1) is 12.8 Å². The van der Waals surface area contributed by atoms with Crippen molar-refractivity contribution in [3.63, 3.8) is 0 Å². The number of urea groups is 1. The predicted octanol–water partition coefficient (Wildman–Crippen LogP) is 2.79. The monoisotopic (exact) mass is 334 g/mol. The van der Waals surface area contributed by atoms with Crippen molar-refractivity contribution in [3.8, 4) is 5.75 Å². The first kappa shape index (κ1) is 18.1. The Bertz CT molecular complexity index is 603. The highest BCUT2D eigenvalue weighted by atomic mass is 16.5. The maximum atomic E-state index is 12.2. The minimum Gasteiger partial charge on any atom is -0.490 e. The molecule has 132 valence electrons. The maximum absolute atomic E-state index is 12.2. The van der Waals surface area contributed by atoms with Gasteiger partial charge in [-0.05, 0) is 38.3 Å². The average Bonchev–Trinajstić information content (AvgIpc) is 3.04. The second kappa shape index (κ2) is 8.04. The molecule has 2 amide bonds. The van der Waals surface area contributed by atoms with Crippen molar-refractivity contribution in [2.24, 2.45) is 5.92 Å². The van der Waals surface area contributed by atoms with Crippen LogP contribution >= 0.6 is 0 Å². The van der Waals surface area contributed by atoms with E-state index in [0.717, 1.165) is 23.3 Å². The van der Waals surface area contributed by atoms with E-state index < -0.39 is 11.9 Å². The van der Waals surface area contributed by atoms with E-state index in [0.29, 0.717) is 19.5 Å². The number of amides is 2. The number of carbonyl (C=O) groups is 2. The fourth-order valence-electron chi connectivity index (χ4n) is 2.65. The SMILES string of the molecule is CCC(C)Oc1cc(C)ccc1CNC(=O)N1CCC(C(=O)O)C1. The summed E-state index contributed by atoms with van der Waals surface area (Å²) in [6.45, 7) is 7.19. The number of hydrogen-bond acceptors (Lipinski definition) is 3. The molecule has 1 aliphatic heterocycles. The molecule has 0 bridgehead atoms. The predicted molar refractivity (Wildman–Crippen MR) is 91.1 cm³/mol. The Morgan fingerprint density at radius 1 is 1.46 bits per heavy atom. The van der Waals surface area contributed by atoms with Gasteiger partial charge in [-0.1, -0.05) is 19.1 Å². The van der Waals surface area contributed by atoms with Gasteiger partial charge in [-0.3, -0.25) is 4.79 Å². The third-order valence-corrected chi connectivity index (χ3v) is 4.38.